The van der Waals surface area contributed by atoms with Crippen LogP contribution in [0.4, 0.5) is 0 Å². The minimum absolute atomic E-state index is 0.0363. The summed E-state index contributed by atoms with van der Waals surface area (Å²) in [6.45, 7) is 2.04. The van der Waals surface area contributed by atoms with Gasteiger partial charge in [-0.1, -0.05) is 37.3 Å². The molecule has 1 heterocycles. The third kappa shape index (κ3) is 2.85. The average Bonchev–Trinajstić information content (AvgIpc) is 2.84. The maximum atomic E-state index is 12.8. The molecule has 5 heteroatoms. The fourth-order valence-electron chi connectivity index (χ4n) is 4.59. The molecule has 1 aromatic rings. The van der Waals surface area contributed by atoms with Crippen molar-refractivity contribution in [1.82, 2.24) is 4.90 Å². The number of amides is 1. The second kappa shape index (κ2) is 6.82. The lowest BCUT2D eigenvalue weighted by Crippen LogP contribution is -2.49. The number of methoxy groups -OCH3 is 1. The summed E-state index contributed by atoms with van der Waals surface area (Å²) in [6, 6.07) is 9.76. The van der Waals surface area contributed by atoms with Crippen molar-refractivity contribution in [1.29, 1.82) is 0 Å². The van der Waals surface area contributed by atoms with Crippen LogP contribution in [0.5, 0.6) is 0 Å². The van der Waals surface area contributed by atoms with E-state index in [4.69, 9.17) is 4.74 Å². The minimum Gasteiger partial charge on any atom is -0.390 e. The molecule has 3 rings (SSSR count). The lowest BCUT2D eigenvalue weighted by atomic mass is 9.74. The molecule has 0 aromatic heterocycles. The van der Waals surface area contributed by atoms with Crippen LogP contribution in [0, 0.1) is 5.41 Å². The first-order valence-electron chi connectivity index (χ1n) is 8.70. The quantitative estimate of drug-likeness (QED) is 0.886. The van der Waals surface area contributed by atoms with E-state index in [-0.39, 0.29) is 24.6 Å². The van der Waals surface area contributed by atoms with Crippen molar-refractivity contribution in [2.24, 2.45) is 5.41 Å². The predicted molar refractivity (Wildman–Crippen MR) is 90.3 cm³/mol. The number of rotatable bonds is 3. The molecule has 24 heavy (non-hydrogen) atoms. The second-order valence-electron chi connectivity index (χ2n) is 7.33. The van der Waals surface area contributed by atoms with Crippen LogP contribution in [0.3, 0.4) is 0 Å². The number of hydrogen-bond acceptors (Lipinski definition) is 4. The molecule has 1 aliphatic carbocycles. The van der Waals surface area contributed by atoms with E-state index >= 15 is 0 Å². The molecule has 5 atom stereocenters. The Morgan fingerprint density at radius 3 is 2.67 bits per heavy atom. The van der Waals surface area contributed by atoms with Gasteiger partial charge in [0.1, 0.15) is 6.61 Å². The van der Waals surface area contributed by atoms with E-state index in [0.717, 1.165) is 18.4 Å². The summed E-state index contributed by atoms with van der Waals surface area (Å²) in [5.41, 5.74) is 0.553. The molecule has 0 spiro atoms. The Labute approximate surface area is 143 Å². The van der Waals surface area contributed by atoms with Crippen molar-refractivity contribution < 1.29 is 19.7 Å². The molecular formula is C19H27NO4. The van der Waals surface area contributed by atoms with Crippen LogP contribution in [0.1, 0.15) is 44.2 Å². The summed E-state index contributed by atoms with van der Waals surface area (Å²) >= 11 is 0. The highest BCUT2D eigenvalue weighted by Crippen LogP contribution is 2.53. The number of ether oxygens (including phenoxy) is 1. The lowest BCUT2D eigenvalue weighted by Gasteiger charge is -2.38. The molecule has 2 fully saturated rings. The van der Waals surface area contributed by atoms with Gasteiger partial charge in [0.05, 0.1) is 18.2 Å². The highest BCUT2D eigenvalue weighted by molar-refractivity contribution is 5.79. The second-order valence-corrected chi connectivity index (χ2v) is 7.33. The zero-order valence-electron chi connectivity index (χ0n) is 14.4. The van der Waals surface area contributed by atoms with Gasteiger partial charge in [-0.15, -0.1) is 0 Å². The summed E-state index contributed by atoms with van der Waals surface area (Å²) in [4.78, 5) is 14.7. The van der Waals surface area contributed by atoms with E-state index < -0.39 is 17.6 Å². The molecular weight excluding hydrogens is 306 g/mol. The lowest BCUT2D eigenvalue weighted by molar-refractivity contribution is -0.140. The molecule has 1 aliphatic heterocycles. The maximum Gasteiger partial charge on any atom is 0.249 e. The van der Waals surface area contributed by atoms with Gasteiger partial charge in [-0.3, -0.25) is 4.79 Å². The number of benzene rings is 1. The first-order valence-corrected chi connectivity index (χ1v) is 8.70. The number of aliphatic hydroxyl groups excluding tert-OH is 2. The third-order valence-corrected chi connectivity index (χ3v) is 5.82. The van der Waals surface area contributed by atoms with E-state index in [2.05, 4.69) is 0 Å². The summed E-state index contributed by atoms with van der Waals surface area (Å²) in [5, 5.41) is 21.0. The number of nitrogens with zero attached hydrogens (tertiary/aromatic N) is 1. The Morgan fingerprint density at radius 2 is 2.00 bits per heavy atom. The maximum absolute atomic E-state index is 12.8. The molecule has 1 saturated heterocycles. The molecule has 0 bridgehead atoms. The zero-order chi connectivity index (χ0) is 17.3. The first-order chi connectivity index (χ1) is 11.5. The molecule has 2 aliphatic rings. The largest absolute Gasteiger partial charge is 0.390 e. The fraction of sp³-hybridized carbons (Fsp3) is 0.632. The Hall–Kier alpha value is -1.43. The van der Waals surface area contributed by atoms with E-state index in [1.165, 1.54) is 7.11 Å². The zero-order valence-corrected chi connectivity index (χ0v) is 14.4. The van der Waals surface area contributed by atoms with Crippen LogP contribution in [0.25, 0.3) is 0 Å². The van der Waals surface area contributed by atoms with Crippen LogP contribution in [-0.4, -0.2) is 53.0 Å². The molecule has 2 N–H and O–H groups in total. The topological polar surface area (TPSA) is 70.0 Å². The third-order valence-electron chi connectivity index (χ3n) is 5.82. The van der Waals surface area contributed by atoms with Gasteiger partial charge in [0.2, 0.25) is 5.91 Å². The van der Waals surface area contributed by atoms with Crippen molar-refractivity contribution in [2.75, 3.05) is 13.7 Å². The van der Waals surface area contributed by atoms with Gasteiger partial charge in [-0.2, -0.15) is 0 Å². The first kappa shape index (κ1) is 17.4. The fourth-order valence-corrected chi connectivity index (χ4v) is 4.59. The van der Waals surface area contributed by atoms with Crippen LogP contribution in [-0.2, 0) is 9.53 Å². The average molecular weight is 333 g/mol. The predicted octanol–water partition coefficient (Wildman–Crippen LogP) is 1.89. The van der Waals surface area contributed by atoms with Crippen LogP contribution in [0.2, 0.25) is 0 Å². The number of carbonyl (C=O) groups is 1. The van der Waals surface area contributed by atoms with Crippen LogP contribution >= 0.6 is 0 Å². The highest BCUT2D eigenvalue weighted by atomic mass is 16.5. The number of carbonyl (C=O) groups excluding carboxylic acids is 1. The summed E-state index contributed by atoms with van der Waals surface area (Å²) < 4.78 is 5.09. The summed E-state index contributed by atoms with van der Waals surface area (Å²) in [6.07, 6.45) is 1.27. The van der Waals surface area contributed by atoms with Gasteiger partial charge in [0, 0.05) is 18.6 Å². The highest BCUT2D eigenvalue weighted by Gasteiger charge is 2.56. The van der Waals surface area contributed by atoms with Crippen molar-refractivity contribution in [3.05, 3.63) is 35.9 Å². The van der Waals surface area contributed by atoms with Crippen molar-refractivity contribution >= 4 is 5.91 Å². The smallest absolute Gasteiger partial charge is 0.249 e. The van der Waals surface area contributed by atoms with E-state index in [9.17, 15) is 15.0 Å². The molecule has 1 amide bonds. The van der Waals surface area contributed by atoms with Crippen molar-refractivity contribution in [2.45, 2.75) is 56.9 Å². The van der Waals surface area contributed by atoms with Gasteiger partial charge in [-0.05, 0) is 31.2 Å². The summed E-state index contributed by atoms with van der Waals surface area (Å²) in [5.74, 6) is -0.0522. The van der Waals surface area contributed by atoms with Gasteiger partial charge < -0.3 is 19.8 Å². The monoisotopic (exact) mass is 333 g/mol. The Morgan fingerprint density at radius 1 is 1.29 bits per heavy atom. The SMILES string of the molecule is COCC(=O)N1[C@@H](c2ccccc2)C[C@@]2(C)[C@@H](O)[C@@H](O)CCC[C@@H]12. The number of likely N-dealkylation sites (tertiary alicyclic amines) is 1. The van der Waals surface area contributed by atoms with Gasteiger partial charge in [-0.25, -0.2) is 0 Å². The molecule has 132 valence electrons. The van der Waals surface area contributed by atoms with E-state index in [1.807, 2.05) is 42.2 Å². The molecule has 1 aromatic carbocycles. The van der Waals surface area contributed by atoms with Gasteiger partial charge in [0.15, 0.2) is 0 Å². The van der Waals surface area contributed by atoms with E-state index in [1.54, 1.807) is 0 Å². The normalized spacial score (nSPS) is 36.2. The van der Waals surface area contributed by atoms with Gasteiger partial charge >= 0.3 is 0 Å². The van der Waals surface area contributed by atoms with Crippen LogP contribution < -0.4 is 0 Å². The molecule has 0 unspecified atom stereocenters. The standard InChI is InChI=1S/C19H27NO4/c1-19-11-14(13-7-4-3-5-8-13)20(17(22)12-24-2)16(19)10-6-9-15(21)18(19)23/h3-5,7-8,14-16,18,21,23H,6,9-12H2,1-2H3/t14-,15+,16-,18+,19-/m1/s1. The number of aliphatic hydroxyl groups is 2. The molecule has 0 radical (unpaired) electrons. The van der Waals surface area contributed by atoms with Crippen molar-refractivity contribution in [3.63, 3.8) is 0 Å². The van der Waals surface area contributed by atoms with E-state index in [0.29, 0.717) is 12.8 Å². The molecule has 1 saturated carbocycles. The summed E-state index contributed by atoms with van der Waals surface area (Å²) in [7, 11) is 1.52. The number of fused-ring (bicyclic) bond motifs is 1. The number of hydrogen-bond donors (Lipinski definition) is 2. The Balaban J connectivity index is 2.01. The Kier molecular flexibility index (Phi) is 4.95. The Bertz CT molecular complexity index is 578. The van der Waals surface area contributed by atoms with Crippen molar-refractivity contribution in [3.8, 4) is 0 Å². The molecule has 5 nitrogen and oxygen atoms in total. The van der Waals surface area contributed by atoms with Gasteiger partial charge in [0.25, 0.3) is 0 Å². The van der Waals surface area contributed by atoms with Crippen LogP contribution in [0.15, 0.2) is 30.3 Å². The minimum atomic E-state index is -0.823.